The Morgan fingerprint density at radius 3 is 1.67 bits per heavy atom. The molecule has 52 heavy (non-hydrogen) atoms. The molecule has 10 nitrogen and oxygen atoms in total. The van der Waals surface area contributed by atoms with Crippen LogP contribution in [0.25, 0.3) is 0 Å². The van der Waals surface area contributed by atoms with Crippen molar-refractivity contribution in [1.29, 1.82) is 0 Å². The number of anilines is 4. The first-order valence-corrected chi connectivity index (χ1v) is 17.1. The minimum absolute atomic E-state index is 0.0196. The Balaban J connectivity index is 0.000000157. The summed E-state index contributed by atoms with van der Waals surface area (Å²) in [5.41, 5.74) is 2.86. The normalized spacial score (nSPS) is 14.1. The summed E-state index contributed by atoms with van der Waals surface area (Å²) in [6.07, 6.45) is 18.8. The fraction of sp³-hybridized carbons (Fsp3) is 0.143. The van der Waals surface area contributed by atoms with E-state index in [1.54, 1.807) is 37.3 Å². The second-order valence-corrected chi connectivity index (χ2v) is 11.5. The van der Waals surface area contributed by atoms with Gasteiger partial charge in [-0.25, -0.2) is 19.9 Å². The highest BCUT2D eigenvalue weighted by Gasteiger charge is 2.19. The summed E-state index contributed by atoms with van der Waals surface area (Å²) in [5, 5.41) is 6.46. The van der Waals surface area contributed by atoms with Gasteiger partial charge in [-0.05, 0) is 129 Å². The van der Waals surface area contributed by atoms with Crippen molar-refractivity contribution in [2.75, 3.05) is 17.2 Å². The lowest BCUT2D eigenvalue weighted by Crippen LogP contribution is -2.06. The molecule has 10 heteroatoms. The fourth-order valence-electron chi connectivity index (χ4n) is 5.01. The van der Waals surface area contributed by atoms with Crippen LogP contribution in [0.1, 0.15) is 37.4 Å². The van der Waals surface area contributed by atoms with E-state index in [0.717, 1.165) is 59.5 Å². The Labute approximate surface area is 303 Å². The fourth-order valence-corrected chi connectivity index (χ4v) is 5.01. The molecule has 2 aromatic carbocycles. The molecular weight excluding hydrogens is 652 g/mol. The summed E-state index contributed by atoms with van der Waals surface area (Å²) < 4.78 is 22.2. The van der Waals surface area contributed by atoms with E-state index in [1.165, 1.54) is 12.8 Å². The summed E-state index contributed by atoms with van der Waals surface area (Å²) in [7, 11) is 0. The van der Waals surface area contributed by atoms with Gasteiger partial charge in [0.05, 0.1) is 24.7 Å². The average molecular weight is 693 g/mol. The number of ether oxygens (including phenoxy) is 4. The van der Waals surface area contributed by atoms with Crippen molar-refractivity contribution in [2.24, 2.45) is 0 Å². The molecule has 0 amide bonds. The molecular formula is C42H40N6O4. The van der Waals surface area contributed by atoms with Gasteiger partial charge in [0.2, 0.25) is 11.8 Å². The van der Waals surface area contributed by atoms with Crippen LogP contribution in [0.3, 0.4) is 0 Å². The van der Waals surface area contributed by atoms with Crippen molar-refractivity contribution in [3.05, 3.63) is 170 Å². The first-order valence-electron chi connectivity index (χ1n) is 17.1. The topological polar surface area (TPSA) is 113 Å². The maximum absolute atomic E-state index is 6.01. The molecule has 6 aromatic rings. The van der Waals surface area contributed by atoms with Crippen LogP contribution in [0.2, 0.25) is 0 Å². The van der Waals surface area contributed by atoms with Crippen LogP contribution >= 0.6 is 0 Å². The summed E-state index contributed by atoms with van der Waals surface area (Å²) in [6, 6.07) is 36.3. The lowest BCUT2D eigenvalue weighted by Gasteiger charge is -2.21. The maximum atomic E-state index is 6.01. The summed E-state index contributed by atoms with van der Waals surface area (Å²) in [5.74, 6) is 4.25. The van der Waals surface area contributed by atoms with Crippen LogP contribution < -0.4 is 20.1 Å². The van der Waals surface area contributed by atoms with Crippen molar-refractivity contribution in [2.45, 2.75) is 31.8 Å². The zero-order valence-electron chi connectivity index (χ0n) is 28.6. The van der Waals surface area contributed by atoms with E-state index in [0.29, 0.717) is 11.8 Å². The molecule has 6 heterocycles. The molecule has 2 N–H and O–H groups in total. The Kier molecular flexibility index (Phi) is 13.2. The molecule has 0 saturated carbocycles. The largest absolute Gasteiger partial charge is 0.502 e. The van der Waals surface area contributed by atoms with E-state index >= 15 is 0 Å². The Bertz CT molecular complexity index is 1890. The van der Waals surface area contributed by atoms with Crippen molar-refractivity contribution in [3.63, 3.8) is 0 Å². The number of allylic oxidation sites excluding steroid dienone is 2. The third-order valence-corrected chi connectivity index (χ3v) is 7.57. The average Bonchev–Trinajstić information content (AvgIpc) is 3.22. The van der Waals surface area contributed by atoms with Gasteiger partial charge in [-0.2, -0.15) is 0 Å². The number of hydrogen-bond donors (Lipinski definition) is 2. The minimum atomic E-state index is -0.0196. The zero-order valence-corrected chi connectivity index (χ0v) is 28.6. The number of benzene rings is 2. The van der Waals surface area contributed by atoms with Crippen LogP contribution in [0.5, 0.6) is 23.3 Å². The van der Waals surface area contributed by atoms with Crippen molar-refractivity contribution in [3.8, 4) is 23.3 Å². The molecule has 0 bridgehead atoms. The Morgan fingerprint density at radius 2 is 1.17 bits per heavy atom. The van der Waals surface area contributed by atoms with Crippen molar-refractivity contribution in [1.82, 2.24) is 19.9 Å². The summed E-state index contributed by atoms with van der Waals surface area (Å²) in [4.78, 5) is 17.0. The monoisotopic (exact) mass is 692 g/mol. The SMILES string of the molecule is C1=COC(c2cccnc2Oc2ccc(Nc3ccccn3)cc2)CC1.C1=COCCC1.c1ccc(Nc2ccc(Oc3ccccn3)cc2)nc1. The second-order valence-electron chi connectivity index (χ2n) is 11.5. The molecule has 4 aromatic heterocycles. The minimum Gasteiger partial charge on any atom is -0.502 e. The van der Waals surface area contributed by atoms with Gasteiger partial charge in [-0.1, -0.05) is 18.2 Å². The third kappa shape index (κ3) is 11.4. The molecule has 1 unspecified atom stereocenters. The molecule has 1 atom stereocenters. The maximum Gasteiger partial charge on any atom is 0.226 e. The second kappa shape index (κ2) is 19.5. The summed E-state index contributed by atoms with van der Waals surface area (Å²) in [6.45, 7) is 0.913. The molecule has 0 radical (unpaired) electrons. The van der Waals surface area contributed by atoms with Gasteiger partial charge >= 0.3 is 0 Å². The number of nitrogens with zero attached hydrogens (tertiary/aromatic N) is 4. The van der Waals surface area contributed by atoms with Crippen LogP contribution in [-0.4, -0.2) is 26.5 Å². The van der Waals surface area contributed by atoms with Crippen LogP contribution in [0.15, 0.2) is 165 Å². The molecule has 0 spiro atoms. The molecule has 0 saturated heterocycles. The molecule has 2 aliphatic heterocycles. The van der Waals surface area contributed by atoms with E-state index in [2.05, 4.69) is 30.6 Å². The van der Waals surface area contributed by atoms with E-state index in [1.807, 2.05) is 127 Å². The van der Waals surface area contributed by atoms with Crippen molar-refractivity contribution >= 4 is 23.0 Å². The number of rotatable bonds is 9. The molecule has 0 aliphatic carbocycles. The Morgan fingerprint density at radius 1 is 0.558 bits per heavy atom. The van der Waals surface area contributed by atoms with Gasteiger partial charge in [0, 0.05) is 42.2 Å². The van der Waals surface area contributed by atoms with Gasteiger partial charge in [0.25, 0.3) is 0 Å². The van der Waals surface area contributed by atoms with Crippen LogP contribution in [0.4, 0.5) is 23.0 Å². The Hall–Kier alpha value is -6.68. The van der Waals surface area contributed by atoms with E-state index < -0.39 is 0 Å². The predicted octanol–water partition coefficient (Wildman–Crippen LogP) is 10.7. The first kappa shape index (κ1) is 35.2. The quantitative estimate of drug-likeness (QED) is 0.152. The highest BCUT2D eigenvalue weighted by molar-refractivity contribution is 5.58. The van der Waals surface area contributed by atoms with E-state index in [9.17, 15) is 0 Å². The van der Waals surface area contributed by atoms with E-state index in [4.69, 9.17) is 18.9 Å². The van der Waals surface area contributed by atoms with Crippen molar-refractivity contribution < 1.29 is 18.9 Å². The number of hydrogen-bond acceptors (Lipinski definition) is 10. The van der Waals surface area contributed by atoms with Gasteiger partial charge in [0.1, 0.15) is 29.2 Å². The zero-order chi connectivity index (χ0) is 35.5. The number of pyridine rings is 4. The van der Waals surface area contributed by atoms with E-state index in [-0.39, 0.29) is 6.10 Å². The summed E-state index contributed by atoms with van der Waals surface area (Å²) >= 11 is 0. The van der Waals surface area contributed by atoms with Gasteiger partial charge in [0.15, 0.2) is 0 Å². The van der Waals surface area contributed by atoms with Gasteiger partial charge < -0.3 is 29.6 Å². The first-order chi connectivity index (χ1) is 25.8. The van der Waals surface area contributed by atoms with Crippen LogP contribution in [-0.2, 0) is 9.47 Å². The molecule has 0 fully saturated rings. The smallest absolute Gasteiger partial charge is 0.226 e. The lowest BCUT2D eigenvalue weighted by atomic mass is 10.0. The lowest BCUT2D eigenvalue weighted by molar-refractivity contribution is 0.122. The number of nitrogens with one attached hydrogen (secondary N) is 2. The molecule has 262 valence electrons. The highest BCUT2D eigenvalue weighted by atomic mass is 16.5. The van der Waals surface area contributed by atoms with Gasteiger partial charge in [-0.15, -0.1) is 0 Å². The molecule has 8 rings (SSSR count). The predicted molar refractivity (Wildman–Crippen MR) is 203 cm³/mol. The number of aromatic nitrogens is 4. The van der Waals surface area contributed by atoms with Gasteiger partial charge in [-0.3, -0.25) is 0 Å². The van der Waals surface area contributed by atoms with Crippen LogP contribution in [0, 0.1) is 0 Å². The molecule has 2 aliphatic rings. The highest BCUT2D eigenvalue weighted by Crippen LogP contribution is 2.34. The third-order valence-electron chi connectivity index (χ3n) is 7.57. The standard InChI is InChI=1S/C21H19N3O2.C16H13N3O.C5H8O/c1-3-13-22-20(8-1)24-16-9-11-17(12-10-16)26-21-18(6-5-14-23-21)19-7-2-4-15-25-19;1-3-11-17-15(5-1)19-13-7-9-14(10-8-13)20-16-6-2-4-12-18-16;1-2-4-6-5-3-1/h1,3-6,8-15,19H,2,7H2,(H,22,24);1-12H,(H,17,19);2,4H,1,3,5H2.